The van der Waals surface area contributed by atoms with Crippen LogP contribution in [0.1, 0.15) is 32.3 Å². The van der Waals surface area contributed by atoms with Gasteiger partial charge in [0.2, 0.25) is 5.91 Å². The normalized spacial score (nSPS) is 20.0. The fourth-order valence-electron chi connectivity index (χ4n) is 2.71. The van der Waals surface area contributed by atoms with Crippen molar-refractivity contribution in [3.05, 3.63) is 29.8 Å². The Morgan fingerprint density at radius 1 is 1.43 bits per heavy atom. The molecule has 4 heteroatoms. The standard InChI is InChI=1S/C17H26N2O2/c1-3-15-7-4-5-8-16(15)18-17(20)9-11-19-10-6-12-21-14(2)13-19/h4-5,7-8,14H,3,6,9-13H2,1-2H3,(H,18,20)/t14-/m0/s1. The molecule has 1 aliphatic rings. The molecule has 1 heterocycles. The van der Waals surface area contributed by atoms with E-state index in [2.05, 4.69) is 30.1 Å². The SMILES string of the molecule is CCc1ccccc1NC(=O)CCN1CCCO[C@@H](C)C1. The molecule has 1 aliphatic heterocycles. The number of anilines is 1. The van der Waals surface area contributed by atoms with E-state index >= 15 is 0 Å². The zero-order chi connectivity index (χ0) is 15.1. The first-order valence-electron chi connectivity index (χ1n) is 7.90. The van der Waals surface area contributed by atoms with Crippen LogP contribution in [0.5, 0.6) is 0 Å². The Morgan fingerprint density at radius 3 is 3.05 bits per heavy atom. The van der Waals surface area contributed by atoms with Crippen molar-refractivity contribution in [1.29, 1.82) is 0 Å². The van der Waals surface area contributed by atoms with Gasteiger partial charge < -0.3 is 15.0 Å². The molecule has 1 atom stereocenters. The summed E-state index contributed by atoms with van der Waals surface area (Å²) in [5.41, 5.74) is 2.13. The van der Waals surface area contributed by atoms with Gasteiger partial charge in [-0.3, -0.25) is 4.79 Å². The molecule has 4 nitrogen and oxygen atoms in total. The van der Waals surface area contributed by atoms with Gasteiger partial charge in [-0.05, 0) is 31.4 Å². The molecule has 2 rings (SSSR count). The summed E-state index contributed by atoms with van der Waals surface area (Å²) >= 11 is 0. The molecule has 1 fully saturated rings. The van der Waals surface area contributed by atoms with Crippen molar-refractivity contribution in [2.45, 2.75) is 39.2 Å². The topological polar surface area (TPSA) is 41.6 Å². The minimum atomic E-state index is 0.0914. The van der Waals surface area contributed by atoms with E-state index in [1.54, 1.807) is 0 Å². The van der Waals surface area contributed by atoms with E-state index in [1.807, 2.05) is 18.2 Å². The third-order valence-electron chi connectivity index (χ3n) is 3.86. The summed E-state index contributed by atoms with van der Waals surface area (Å²) in [6.45, 7) is 7.75. The Hall–Kier alpha value is -1.39. The maximum Gasteiger partial charge on any atom is 0.225 e. The molecular formula is C17H26N2O2. The summed E-state index contributed by atoms with van der Waals surface area (Å²) in [5, 5.41) is 3.03. The number of hydrogen-bond acceptors (Lipinski definition) is 3. The first-order valence-corrected chi connectivity index (χ1v) is 7.90. The predicted octanol–water partition coefficient (Wildman–Crippen LogP) is 2.69. The number of benzene rings is 1. The predicted molar refractivity (Wildman–Crippen MR) is 85.5 cm³/mol. The van der Waals surface area contributed by atoms with Crippen molar-refractivity contribution in [1.82, 2.24) is 4.90 Å². The number of nitrogens with zero attached hydrogens (tertiary/aromatic N) is 1. The molecule has 0 saturated carbocycles. The van der Waals surface area contributed by atoms with Gasteiger partial charge in [0.05, 0.1) is 6.10 Å². The van der Waals surface area contributed by atoms with E-state index in [0.29, 0.717) is 6.42 Å². The zero-order valence-electron chi connectivity index (χ0n) is 13.1. The smallest absolute Gasteiger partial charge is 0.225 e. The molecule has 0 aromatic heterocycles. The van der Waals surface area contributed by atoms with E-state index in [9.17, 15) is 4.79 Å². The van der Waals surface area contributed by atoms with Crippen LogP contribution < -0.4 is 5.32 Å². The van der Waals surface area contributed by atoms with E-state index in [0.717, 1.165) is 44.8 Å². The third-order valence-corrected chi connectivity index (χ3v) is 3.86. The van der Waals surface area contributed by atoms with Crippen LogP contribution in [0.3, 0.4) is 0 Å². The minimum absolute atomic E-state index is 0.0914. The Balaban J connectivity index is 1.81. The second kappa shape index (κ2) is 8.15. The van der Waals surface area contributed by atoms with Gasteiger partial charge in [0.15, 0.2) is 0 Å². The Labute approximate surface area is 127 Å². The van der Waals surface area contributed by atoms with Crippen LogP contribution in [-0.4, -0.2) is 43.2 Å². The maximum atomic E-state index is 12.1. The van der Waals surface area contributed by atoms with Gasteiger partial charge in [0.25, 0.3) is 0 Å². The average molecular weight is 290 g/mol. The van der Waals surface area contributed by atoms with Crippen molar-refractivity contribution in [3.63, 3.8) is 0 Å². The van der Waals surface area contributed by atoms with Gasteiger partial charge >= 0.3 is 0 Å². The second-order valence-electron chi connectivity index (χ2n) is 5.64. The molecule has 0 spiro atoms. The quantitative estimate of drug-likeness (QED) is 0.906. The van der Waals surface area contributed by atoms with Crippen LogP contribution in [0.2, 0.25) is 0 Å². The molecule has 0 radical (unpaired) electrons. The molecule has 1 amide bonds. The second-order valence-corrected chi connectivity index (χ2v) is 5.64. The van der Waals surface area contributed by atoms with E-state index in [-0.39, 0.29) is 12.0 Å². The van der Waals surface area contributed by atoms with Crippen LogP contribution >= 0.6 is 0 Å². The molecule has 0 unspecified atom stereocenters. The van der Waals surface area contributed by atoms with Crippen molar-refractivity contribution < 1.29 is 9.53 Å². The van der Waals surface area contributed by atoms with Crippen molar-refractivity contribution in [2.24, 2.45) is 0 Å². The summed E-state index contributed by atoms with van der Waals surface area (Å²) < 4.78 is 5.62. The number of nitrogens with one attached hydrogen (secondary N) is 1. The third kappa shape index (κ3) is 5.14. The average Bonchev–Trinajstić information content (AvgIpc) is 2.70. The van der Waals surface area contributed by atoms with Crippen LogP contribution in [0.15, 0.2) is 24.3 Å². The molecule has 1 aromatic carbocycles. The Kier molecular flexibility index (Phi) is 6.21. The highest BCUT2D eigenvalue weighted by Crippen LogP contribution is 2.15. The summed E-state index contributed by atoms with van der Waals surface area (Å²) in [6, 6.07) is 8.00. The summed E-state index contributed by atoms with van der Waals surface area (Å²) in [7, 11) is 0. The zero-order valence-corrected chi connectivity index (χ0v) is 13.1. The van der Waals surface area contributed by atoms with Crippen LogP contribution in [0.25, 0.3) is 0 Å². The highest BCUT2D eigenvalue weighted by atomic mass is 16.5. The van der Waals surface area contributed by atoms with Crippen molar-refractivity contribution in [3.8, 4) is 0 Å². The molecule has 0 aliphatic carbocycles. The fraction of sp³-hybridized carbons (Fsp3) is 0.588. The monoisotopic (exact) mass is 290 g/mol. The van der Waals surface area contributed by atoms with Crippen LogP contribution in [-0.2, 0) is 16.0 Å². The van der Waals surface area contributed by atoms with Crippen molar-refractivity contribution in [2.75, 3.05) is 31.6 Å². The summed E-state index contributed by atoms with van der Waals surface area (Å²) in [6.07, 6.45) is 2.77. The number of carbonyl (C=O) groups excluding carboxylic acids is 1. The van der Waals surface area contributed by atoms with Gasteiger partial charge in [-0.25, -0.2) is 0 Å². The Morgan fingerprint density at radius 2 is 2.24 bits per heavy atom. The fourth-order valence-corrected chi connectivity index (χ4v) is 2.71. The molecule has 0 bridgehead atoms. The lowest BCUT2D eigenvalue weighted by Gasteiger charge is -2.21. The molecule has 116 valence electrons. The molecule has 21 heavy (non-hydrogen) atoms. The van der Waals surface area contributed by atoms with E-state index < -0.39 is 0 Å². The number of amides is 1. The number of carbonyl (C=O) groups is 1. The van der Waals surface area contributed by atoms with E-state index in [4.69, 9.17) is 4.74 Å². The van der Waals surface area contributed by atoms with Gasteiger partial charge in [0.1, 0.15) is 0 Å². The first kappa shape index (κ1) is 16.0. The first-order chi connectivity index (χ1) is 10.2. The van der Waals surface area contributed by atoms with Crippen molar-refractivity contribution >= 4 is 11.6 Å². The number of para-hydroxylation sites is 1. The molecular weight excluding hydrogens is 264 g/mol. The highest BCUT2D eigenvalue weighted by Gasteiger charge is 2.16. The van der Waals surface area contributed by atoms with Gasteiger partial charge in [-0.15, -0.1) is 0 Å². The van der Waals surface area contributed by atoms with Crippen LogP contribution in [0, 0.1) is 0 Å². The maximum absolute atomic E-state index is 12.1. The number of hydrogen-bond donors (Lipinski definition) is 1. The number of aryl methyl sites for hydroxylation is 1. The lowest BCUT2D eigenvalue weighted by Crippen LogP contribution is -2.33. The highest BCUT2D eigenvalue weighted by molar-refractivity contribution is 5.91. The lowest BCUT2D eigenvalue weighted by atomic mass is 10.1. The van der Waals surface area contributed by atoms with E-state index in [1.165, 1.54) is 5.56 Å². The summed E-state index contributed by atoms with van der Waals surface area (Å²) in [4.78, 5) is 14.4. The van der Waals surface area contributed by atoms with Gasteiger partial charge in [-0.2, -0.15) is 0 Å². The molecule has 1 N–H and O–H groups in total. The largest absolute Gasteiger partial charge is 0.377 e. The lowest BCUT2D eigenvalue weighted by molar-refractivity contribution is -0.116. The van der Waals surface area contributed by atoms with Gasteiger partial charge in [-0.1, -0.05) is 25.1 Å². The minimum Gasteiger partial charge on any atom is -0.377 e. The van der Waals surface area contributed by atoms with Crippen LogP contribution in [0.4, 0.5) is 5.69 Å². The summed E-state index contributed by atoms with van der Waals surface area (Å²) in [5.74, 6) is 0.0914. The molecule has 1 aromatic rings. The number of ether oxygens (including phenoxy) is 1. The Bertz CT molecular complexity index is 462. The van der Waals surface area contributed by atoms with Gasteiger partial charge in [0, 0.05) is 38.3 Å². The number of rotatable bonds is 5. The molecule has 1 saturated heterocycles.